The third-order valence-corrected chi connectivity index (χ3v) is 5.13. The van der Waals surface area contributed by atoms with E-state index in [1.807, 2.05) is 19.1 Å². The van der Waals surface area contributed by atoms with Crippen LogP contribution in [0.2, 0.25) is 0 Å². The highest BCUT2D eigenvalue weighted by Crippen LogP contribution is 2.23. The Morgan fingerprint density at radius 1 is 1.12 bits per heavy atom. The van der Waals surface area contributed by atoms with Gasteiger partial charge in [-0.1, -0.05) is 0 Å². The van der Waals surface area contributed by atoms with Crippen molar-refractivity contribution < 1.29 is 18.0 Å². The quantitative estimate of drug-likeness (QED) is 0.437. The molecule has 7 nitrogen and oxygen atoms in total. The standard InChI is InChI=1S/C22H14F3N5O2/c1-11-2-3-18-27-13(10-30(18)28-11)9-29-5-4-14-15(8-26-20(14)22(29)32)21(31)19-16(24)6-12(23)7-17(19)25/h2-8,10,26H,9H2,1H3. The van der Waals surface area contributed by atoms with E-state index in [-0.39, 0.29) is 23.0 Å². The van der Waals surface area contributed by atoms with E-state index >= 15 is 0 Å². The largest absolute Gasteiger partial charge is 0.356 e. The molecule has 0 amide bonds. The molecular formula is C22H14F3N5O2. The van der Waals surface area contributed by atoms with Crippen LogP contribution in [0.3, 0.4) is 0 Å². The number of aryl methyl sites for hydroxylation is 1. The van der Waals surface area contributed by atoms with E-state index in [1.54, 1.807) is 10.7 Å². The fraction of sp³-hybridized carbons (Fsp3) is 0.0909. The molecule has 0 unspecified atom stereocenters. The summed E-state index contributed by atoms with van der Waals surface area (Å²) in [6.07, 6.45) is 4.39. The highest BCUT2D eigenvalue weighted by atomic mass is 19.1. The normalized spacial score (nSPS) is 11.5. The van der Waals surface area contributed by atoms with Crippen molar-refractivity contribution in [2.45, 2.75) is 13.5 Å². The molecule has 5 aromatic rings. The van der Waals surface area contributed by atoms with Gasteiger partial charge in [0.2, 0.25) is 5.78 Å². The second-order valence-corrected chi connectivity index (χ2v) is 7.32. The SMILES string of the molecule is Cc1ccc2nc(Cn3ccc4c(C(=O)c5c(F)cc(F)cc5F)c[nH]c4c3=O)cn2n1. The van der Waals surface area contributed by atoms with Crippen molar-refractivity contribution in [1.82, 2.24) is 24.1 Å². The van der Waals surface area contributed by atoms with Crippen LogP contribution in [0, 0.1) is 24.4 Å². The number of fused-ring (bicyclic) bond motifs is 2. The average Bonchev–Trinajstić information content (AvgIpc) is 3.33. The third kappa shape index (κ3) is 3.16. The van der Waals surface area contributed by atoms with Crippen LogP contribution in [0.15, 0.2) is 53.7 Å². The zero-order valence-electron chi connectivity index (χ0n) is 16.6. The molecule has 160 valence electrons. The Hall–Kier alpha value is -4.21. The summed E-state index contributed by atoms with van der Waals surface area (Å²) in [5.41, 5.74) is 0.723. The highest BCUT2D eigenvalue weighted by molar-refractivity contribution is 6.16. The topological polar surface area (TPSA) is 85.0 Å². The molecule has 4 heterocycles. The van der Waals surface area contributed by atoms with Crippen LogP contribution in [0.5, 0.6) is 0 Å². The van der Waals surface area contributed by atoms with E-state index in [1.165, 1.54) is 23.0 Å². The van der Waals surface area contributed by atoms with Gasteiger partial charge in [0.1, 0.15) is 23.0 Å². The number of benzene rings is 1. The Kier molecular flexibility index (Phi) is 4.43. The number of hydrogen-bond acceptors (Lipinski definition) is 4. The summed E-state index contributed by atoms with van der Waals surface area (Å²) in [6, 6.07) is 6.01. The van der Waals surface area contributed by atoms with Crippen molar-refractivity contribution in [2.24, 2.45) is 0 Å². The lowest BCUT2D eigenvalue weighted by atomic mass is 10.0. The Morgan fingerprint density at radius 2 is 1.88 bits per heavy atom. The van der Waals surface area contributed by atoms with Crippen LogP contribution in [-0.2, 0) is 6.54 Å². The van der Waals surface area contributed by atoms with Gasteiger partial charge < -0.3 is 9.55 Å². The number of pyridine rings is 1. The summed E-state index contributed by atoms with van der Waals surface area (Å²) in [4.78, 5) is 32.8. The monoisotopic (exact) mass is 437 g/mol. The van der Waals surface area contributed by atoms with Crippen molar-refractivity contribution in [3.8, 4) is 0 Å². The first-order valence-corrected chi connectivity index (χ1v) is 9.53. The van der Waals surface area contributed by atoms with E-state index in [0.717, 1.165) is 5.69 Å². The molecule has 0 fully saturated rings. The molecule has 32 heavy (non-hydrogen) atoms. The minimum absolute atomic E-state index is 0.0940. The molecule has 1 N–H and O–H groups in total. The molecule has 0 aliphatic heterocycles. The average molecular weight is 437 g/mol. The number of halogens is 3. The van der Waals surface area contributed by atoms with Gasteiger partial charge in [-0.2, -0.15) is 5.10 Å². The Balaban J connectivity index is 1.53. The smallest absolute Gasteiger partial charge is 0.275 e. The minimum atomic E-state index is -1.31. The predicted molar refractivity (Wildman–Crippen MR) is 109 cm³/mol. The molecule has 0 spiro atoms. The molecule has 0 atom stereocenters. The highest BCUT2D eigenvalue weighted by Gasteiger charge is 2.24. The number of aromatic nitrogens is 5. The van der Waals surface area contributed by atoms with Gasteiger partial charge in [0.25, 0.3) is 5.56 Å². The minimum Gasteiger partial charge on any atom is -0.356 e. The van der Waals surface area contributed by atoms with Crippen molar-refractivity contribution in [3.63, 3.8) is 0 Å². The van der Waals surface area contributed by atoms with E-state index < -0.39 is 34.4 Å². The molecule has 0 saturated carbocycles. The summed E-state index contributed by atoms with van der Waals surface area (Å²) in [5.74, 6) is -4.75. The summed E-state index contributed by atoms with van der Waals surface area (Å²) in [6.45, 7) is 2.01. The van der Waals surface area contributed by atoms with E-state index in [9.17, 15) is 22.8 Å². The zero-order chi connectivity index (χ0) is 22.6. The molecule has 0 saturated heterocycles. The summed E-state index contributed by atoms with van der Waals surface area (Å²) >= 11 is 0. The fourth-order valence-corrected chi connectivity index (χ4v) is 3.64. The van der Waals surface area contributed by atoms with Crippen molar-refractivity contribution in [1.29, 1.82) is 0 Å². The van der Waals surface area contributed by atoms with Gasteiger partial charge in [-0.05, 0) is 25.1 Å². The molecule has 1 aromatic carbocycles. The van der Waals surface area contributed by atoms with Crippen molar-refractivity contribution in [2.75, 3.05) is 0 Å². The summed E-state index contributed by atoms with van der Waals surface area (Å²) in [7, 11) is 0. The van der Waals surface area contributed by atoms with Crippen LogP contribution in [0.25, 0.3) is 16.6 Å². The zero-order valence-corrected chi connectivity index (χ0v) is 16.6. The van der Waals surface area contributed by atoms with E-state index in [0.29, 0.717) is 23.5 Å². The molecule has 10 heteroatoms. The number of carbonyl (C=O) groups is 1. The van der Waals surface area contributed by atoms with Gasteiger partial charge >= 0.3 is 0 Å². The number of rotatable bonds is 4. The lowest BCUT2D eigenvalue weighted by Crippen LogP contribution is -2.20. The fourth-order valence-electron chi connectivity index (χ4n) is 3.64. The van der Waals surface area contributed by atoms with Gasteiger partial charge in [-0.15, -0.1) is 0 Å². The number of H-pyrrole nitrogens is 1. The number of carbonyl (C=O) groups excluding carboxylic acids is 1. The Bertz CT molecular complexity index is 1580. The van der Waals surface area contributed by atoms with Crippen LogP contribution >= 0.6 is 0 Å². The second kappa shape index (κ2) is 7.19. The van der Waals surface area contributed by atoms with Crippen molar-refractivity contribution in [3.05, 3.63) is 99.2 Å². The maximum atomic E-state index is 14.1. The number of nitrogens with one attached hydrogen (secondary N) is 1. The molecule has 0 radical (unpaired) electrons. The first kappa shape index (κ1) is 19.7. The summed E-state index contributed by atoms with van der Waals surface area (Å²) < 4.78 is 44.3. The molecule has 0 aliphatic carbocycles. The van der Waals surface area contributed by atoms with Gasteiger partial charge in [-0.3, -0.25) is 9.59 Å². The van der Waals surface area contributed by atoms with E-state index in [4.69, 9.17) is 0 Å². The second-order valence-electron chi connectivity index (χ2n) is 7.32. The number of ketones is 1. The van der Waals surface area contributed by atoms with Gasteiger partial charge in [-0.25, -0.2) is 22.7 Å². The number of hydrogen-bond donors (Lipinski definition) is 1. The van der Waals surface area contributed by atoms with Gasteiger partial charge in [0.15, 0.2) is 5.65 Å². The Morgan fingerprint density at radius 3 is 2.62 bits per heavy atom. The lowest BCUT2D eigenvalue weighted by molar-refractivity contribution is 0.103. The summed E-state index contributed by atoms with van der Waals surface area (Å²) in [5, 5.41) is 4.52. The van der Waals surface area contributed by atoms with Crippen LogP contribution in [-0.4, -0.2) is 29.9 Å². The number of imidazole rings is 1. The Labute approximate surface area is 177 Å². The van der Waals surface area contributed by atoms with Crippen LogP contribution in [0.1, 0.15) is 27.3 Å². The predicted octanol–water partition coefficient (Wildman–Crippen LogP) is 3.38. The maximum absolute atomic E-state index is 14.1. The lowest BCUT2D eigenvalue weighted by Gasteiger charge is -2.05. The molecule has 4 aromatic heterocycles. The van der Waals surface area contributed by atoms with E-state index in [2.05, 4.69) is 15.1 Å². The molecule has 0 bridgehead atoms. The van der Waals surface area contributed by atoms with Crippen LogP contribution < -0.4 is 5.56 Å². The number of nitrogens with zero attached hydrogens (tertiary/aromatic N) is 4. The van der Waals surface area contributed by atoms with Gasteiger partial charge in [0.05, 0.1) is 29.7 Å². The molecule has 0 aliphatic rings. The first-order valence-electron chi connectivity index (χ1n) is 9.53. The van der Waals surface area contributed by atoms with Crippen LogP contribution in [0.4, 0.5) is 13.2 Å². The molecular weight excluding hydrogens is 423 g/mol. The number of aromatic amines is 1. The molecule has 5 rings (SSSR count). The first-order chi connectivity index (χ1) is 15.3. The van der Waals surface area contributed by atoms with Crippen molar-refractivity contribution >= 4 is 22.3 Å². The van der Waals surface area contributed by atoms with Gasteiger partial charge in [0, 0.05) is 35.5 Å². The third-order valence-electron chi connectivity index (χ3n) is 5.13. The maximum Gasteiger partial charge on any atom is 0.275 e.